The first-order valence-electron chi connectivity index (χ1n) is 2.77. The molecule has 0 saturated carbocycles. The second-order valence-electron chi connectivity index (χ2n) is 2.01. The summed E-state index contributed by atoms with van der Waals surface area (Å²) < 4.78 is 12.2. The van der Waals surface area contributed by atoms with E-state index in [-0.39, 0.29) is 0 Å². The van der Waals surface area contributed by atoms with Crippen molar-refractivity contribution in [3.63, 3.8) is 0 Å². The molecule has 0 aliphatic carbocycles. The molecule has 10 heavy (non-hydrogen) atoms. The summed E-state index contributed by atoms with van der Waals surface area (Å²) >= 11 is 0. The molecule has 0 spiro atoms. The standard InChI is InChI=1S/C5H9N3OS/c1-4-3-5(6)7-8(4)10(2)9/h3H,1-2H3,(H2,6,7). The zero-order valence-electron chi connectivity index (χ0n) is 5.87. The summed E-state index contributed by atoms with van der Waals surface area (Å²) in [5.41, 5.74) is 6.17. The number of nitrogen functional groups attached to an aromatic ring is 1. The van der Waals surface area contributed by atoms with Gasteiger partial charge in [0, 0.05) is 12.3 Å². The van der Waals surface area contributed by atoms with Crippen LogP contribution < -0.4 is 5.73 Å². The van der Waals surface area contributed by atoms with Crippen molar-refractivity contribution in [1.29, 1.82) is 0 Å². The van der Waals surface area contributed by atoms with Gasteiger partial charge in [0.1, 0.15) is 16.8 Å². The Balaban J connectivity index is 3.15. The van der Waals surface area contributed by atoms with Crippen molar-refractivity contribution in [3.8, 4) is 0 Å². The predicted octanol–water partition coefficient (Wildman–Crippen LogP) is -0.0847. The quantitative estimate of drug-likeness (QED) is 0.623. The van der Waals surface area contributed by atoms with Gasteiger partial charge in [-0.15, -0.1) is 5.10 Å². The third kappa shape index (κ3) is 1.18. The molecule has 1 aromatic heterocycles. The Kier molecular flexibility index (Phi) is 1.76. The molecule has 1 aromatic rings. The fourth-order valence-electron chi connectivity index (χ4n) is 0.742. The smallest absolute Gasteiger partial charge is 0.146 e. The van der Waals surface area contributed by atoms with Crippen LogP contribution in [0.2, 0.25) is 0 Å². The molecular weight excluding hydrogens is 150 g/mol. The fourth-order valence-corrected chi connectivity index (χ4v) is 1.41. The van der Waals surface area contributed by atoms with E-state index in [1.165, 1.54) is 4.09 Å². The highest BCUT2D eigenvalue weighted by molar-refractivity contribution is 7.82. The Hall–Kier alpha value is -0.840. The first kappa shape index (κ1) is 7.27. The molecule has 1 unspecified atom stereocenters. The van der Waals surface area contributed by atoms with E-state index in [2.05, 4.69) is 5.10 Å². The number of aromatic nitrogens is 2. The van der Waals surface area contributed by atoms with Crippen LogP contribution in [0.5, 0.6) is 0 Å². The number of rotatable bonds is 1. The van der Waals surface area contributed by atoms with Gasteiger partial charge >= 0.3 is 0 Å². The lowest BCUT2D eigenvalue weighted by molar-refractivity contribution is 0.674. The van der Waals surface area contributed by atoms with Crippen molar-refractivity contribution in [2.24, 2.45) is 0 Å². The summed E-state index contributed by atoms with van der Waals surface area (Å²) in [7, 11) is -1.09. The van der Waals surface area contributed by atoms with E-state index in [0.29, 0.717) is 5.82 Å². The molecule has 1 rings (SSSR count). The zero-order valence-corrected chi connectivity index (χ0v) is 6.68. The van der Waals surface area contributed by atoms with Crippen molar-refractivity contribution < 1.29 is 4.21 Å². The predicted molar refractivity (Wildman–Crippen MR) is 40.8 cm³/mol. The number of nitrogens with zero attached hydrogens (tertiary/aromatic N) is 2. The minimum Gasteiger partial charge on any atom is -0.382 e. The Morgan fingerprint density at radius 1 is 1.80 bits per heavy atom. The minimum absolute atomic E-state index is 0.410. The van der Waals surface area contributed by atoms with Crippen molar-refractivity contribution in [1.82, 2.24) is 9.19 Å². The molecule has 56 valence electrons. The number of anilines is 1. The molecule has 0 radical (unpaired) electrons. The number of nitrogens with two attached hydrogens (primary N) is 1. The van der Waals surface area contributed by atoms with Crippen LogP contribution in [0.1, 0.15) is 5.69 Å². The highest BCUT2D eigenvalue weighted by Gasteiger charge is 2.02. The number of aryl methyl sites for hydroxylation is 1. The lowest BCUT2D eigenvalue weighted by Gasteiger charge is -1.94. The number of hydrogen-bond donors (Lipinski definition) is 1. The molecule has 1 atom stereocenters. The SMILES string of the molecule is Cc1cc(N)nn1S(C)=O. The van der Waals surface area contributed by atoms with Crippen molar-refractivity contribution in [2.75, 3.05) is 12.0 Å². The average molecular weight is 159 g/mol. The van der Waals surface area contributed by atoms with E-state index < -0.39 is 11.0 Å². The topological polar surface area (TPSA) is 60.9 Å². The van der Waals surface area contributed by atoms with Crippen molar-refractivity contribution >= 4 is 16.8 Å². The third-order valence-corrected chi connectivity index (χ3v) is 1.97. The van der Waals surface area contributed by atoms with Crippen LogP contribution >= 0.6 is 0 Å². The molecule has 0 aliphatic rings. The summed E-state index contributed by atoms with van der Waals surface area (Å²) in [4.78, 5) is 0. The third-order valence-electron chi connectivity index (χ3n) is 1.11. The van der Waals surface area contributed by atoms with Crippen LogP contribution in [-0.4, -0.2) is 19.7 Å². The van der Waals surface area contributed by atoms with E-state index in [4.69, 9.17) is 5.73 Å². The maximum atomic E-state index is 10.8. The normalized spacial score (nSPS) is 13.4. The Morgan fingerprint density at radius 3 is 2.60 bits per heavy atom. The molecule has 1 heterocycles. The van der Waals surface area contributed by atoms with Crippen LogP contribution in [0.3, 0.4) is 0 Å². The average Bonchev–Trinajstić information content (AvgIpc) is 2.10. The Labute approximate surface area is 61.6 Å². The van der Waals surface area contributed by atoms with Gasteiger partial charge in [-0.05, 0) is 6.92 Å². The van der Waals surface area contributed by atoms with Crippen LogP contribution in [0.25, 0.3) is 0 Å². The molecular formula is C5H9N3OS. The van der Waals surface area contributed by atoms with Gasteiger partial charge in [-0.1, -0.05) is 0 Å². The van der Waals surface area contributed by atoms with Gasteiger partial charge in [0.05, 0.1) is 5.69 Å². The molecule has 0 amide bonds. The Bertz CT molecular complexity index is 268. The molecule has 0 bridgehead atoms. The molecule has 5 heteroatoms. The lowest BCUT2D eigenvalue weighted by Crippen LogP contribution is -2.05. The Morgan fingerprint density at radius 2 is 2.40 bits per heavy atom. The summed E-state index contributed by atoms with van der Waals surface area (Å²) in [6.07, 6.45) is 1.56. The lowest BCUT2D eigenvalue weighted by atomic mass is 10.5. The first-order chi connectivity index (χ1) is 4.61. The van der Waals surface area contributed by atoms with Crippen LogP contribution in [-0.2, 0) is 11.0 Å². The number of hydrogen-bond acceptors (Lipinski definition) is 3. The van der Waals surface area contributed by atoms with E-state index in [0.717, 1.165) is 5.69 Å². The van der Waals surface area contributed by atoms with Crippen molar-refractivity contribution in [2.45, 2.75) is 6.92 Å². The van der Waals surface area contributed by atoms with Crippen LogP contribution in [0.4, 0.5) is 5.82 Å². The van der Waals surface area contributed by atoms with Crippen LogP contribution in [0, 0.1) is 6.92 Å². The van der Waals surface area contributed by atoms with E-state index in [1.54, 1.807) is 12.3 Å². The second-order valence-corrected chi connectivity index (χ2v) is 3.20. The molecule has 0 saturated heterocycles. The highest BCUT2D eigenvalue weighted by Crippen LogP contribution is 2.03. The van der Waals surface area contributed by atoms with Crippen molar-refractivity contribution in [3.05, 3.63) is 11.8 Å². The fraction of sp³-hybridized carbons (Fsp3) is 0.400. The van der Waals surface area contributed by atoms with Gasteiger partial charge in [0.25, 0.3) is 0 Å². The minimum atomic E-state index is -1.09. The summed E-state index contributed by atoms with van der Waals surface area (Å²) in [5.74, 6) is 0.410. The molecule has 0 fully saturated rings. The van der Waals surface area contributed by atoms with E-state index in [9.17, 15) is 4.21 Å². The van der Waals surface area contributed by atoms with E-state index in [1.807, 2.05) is 6.92 Å². The largest absolute Gasteiger partial charge is 0.382 e. The molecule has 0 aliphatic heterocycles. The monoisotopic (exact) mass is 159 g/mol. The summed E-state index contributed by atoms with van der Waals surface area (Å²) in [6, 6.07) is 1.68. The van der Waals surface area contributed by atoms with E-state index >= 15 is 0 Å². The maximum Gasteiger partial charge on any atom is 0.146 e. The molecule has 2 N–H and O–H groups in total. The van der Waals surface area contributed by atoms with Gasteiger partial charge in [0.15, 0.2) is 0 Å². The maximum absolute atomic E-state index is 10.8. The summed E-state index contributed by atoms with van der Waals surface area (Å²) in [5, 5.41) is 3.80. The first-order valence-corrected chi connectivity index (χ1v) is 4.29. The summed E-state index contributed by atoms with van der Waals surface area (Å²) in [6.45, 7) is 1.81. The van der Waals surface area contributed by atoms with Gasteiger partial charge in [-0.3, -0.25) is 0 Å². The van der Waals surface area contributed by atoms with Gasteiger partial charge in [-0.25, -0.2) is 4.21 Å². The van der Waals surface area contributed by atoms with Gasteiger partial charge in [0.2, 0.25) is 0 Å². The van der Waals surface area contributed by atoms with Gasteiger partial charge < -0.3 is 5.73 Å². The van der Waals surface area contributed by atoms with Gasteiger partial charge in [-0.2, -0.15) is 4.09 Å². The highest BCUT2D eigenvalue weighted by atomic mass is 32.2. The van der Waals surface area contributed by atoms with Crippen LogP contribution in [0.15, 0.2) is 6.07 Å². The molecule has 4 nitrogen and oxygen atoms in total. The zero-order chi connectivity index (χ0) is 7.72. The second kappa shape index (κ2) is 2.42. The molecule has 0 aromatic carbocycles.